The van der Waals surface area contributed by atoms with Crippen molar-refractivity contribution in [1.29, 1.82) is 0 Å². The number of nitrogens with zero attached hydrogens (tertiary/aromatic N) is 1. The number of nitrogens with one attached hydrogen (secondary N) is 2. The Morgan fingerprint density at radius 3 is 2.68 bits per heavy atom. The summed E-state index contributed by atoms with van der Waals surface area (Å²) in [4.78, 5) is 25.4. The Morgan fingerprint density at radius 2 is 1.96 bits per heavy atom. The predicted molar refractivity (Wildman–Crippen MR) is 105 cm³/mol. The fourth-order valence-corrected chi connectivity index (χ4v) is 3.99. The van der Waals surface area contributed by atoms with Crippen LogP contribution in [0.1, 0.15) is 6.42 Å². The smallest absolute Gasteiger partial charge is 0.414 e. The van der Waals surface area contributed by atoms with Crippen molar-refractivity contribution in [2.24, 2.45) is 0 Å². The molecule has 0 aromatic heterocycles. The first-order valence-electron chi connectivity index (χ1n) is 8.45. The van der Waals surface area contributed by atoms with Gasteiger partial charge in [-0.05, 0) is 30.3 Å². The maximum Gasteiger partial charge on any atom is 0.414 e. The van der Waals surface area contributed by atoms with Crippen molar-refractivity contribution in [3.63, 3.8) is 0 Å². The Labute approximate surface area is 167 Å². The number of sulfonamides is 1. The fourth-order valence-electron chi connectivity index (χ4n) is 2.66. The molecular formula is C18H18ClN3O5S. The third-order valence-corrected chi connectivity index (χ3v) is 5.67. The van der Waals surface area contributed by atoms with Crippen LogP contribution in [-0.2, 0) is 19.6 Å². The monoisotopic (exact) mass is 423 g/mol. The summed E-state index contributed by atoms with van der Waals surface area (Å²) in [5.74, 6) is -0.395. The first-order valence-corrected chi connectivity index (χ1v) is 10.3. The number of halogens is 1. The van der Waals surface area contributed by atoms with E-state index in [1.165, 1.54) is 23.1 Å². The molecule has 28 heavy (non-hydrogen) atoms. The Balaban J connectivity index is 1.59. The zero-order valence-corrected chi connectivity index (χ0v) is 16.3. The van der Waals surface area contributed by atoms with Crippen LogP contribution in [-0.4, -0.2) is 40.1 Å². The zero-order valence-electron chi connectivity index (χ0n) is 14.7. The van der Waals surface area contributed by atoms with Gasteiger partial charge in [0.25, 0.3) is 0 Å². The lowest BCUT2D eigenvalue weighted by atomic mass is 10.2. The van der Waals surface area contributed by atoms with Crippen LogP contribution in [0.3, 0.4) is 0 Å². The van der Waals surface area contributed by atoms with E-state index < -0.39 is 22.0 Å². The SMILES string of the molecule is O=C(CCNS(=O)(=O)c1cccc(Cl)c1)Nc1ccccc1N1CCOC1=O. The molecule has 0 saturated carbocycles. The van der Waals surface area contributed by atoms with Gasteiger partial charge in [0.2, 0.25) is 15.9 Å². The average Bonchev–Trinajstić information content (AvgIpc) is 3.08. The third kappa shape index (κ3) is 4.80. The number of hydrogen-bond donors (Lipinski definition) is 2. The van der Waals surface area contributed by atoms with E-state index in [2.05, 4.69) is 10.0 Å². The largest absolute Gasteiger partial charge is 0.447 e. The molecule has 1 aliphatic heterocycles. The molecule has 1 saturated heterocycles. The van der Waals surface area contributed by atoms with Gasteiger partial charge in [-0.15, -0.1) is 0 Å². The number of rotatable bonds is 7. The first-order chi connectivity index (χ1) is 13.4. The van der Waals surface area contributed by atoms with Crippen LogP contribution in [0.25, 0.3) is 0 Å². The highest BCUT2D eigenvalue weighted by Crippen LogP contribution is 2.28. The standard InChI is InChI=1S/C18H18ClN3O5S/c19-13-4-3-5-14(12-13)28(25,26)20-9-8-17(23)21-15-6-1-2-7-16(15)22-10-11-27-18(22)24/h1-7,12,20H,8-11H2,(H,21,23). The molecule has 2 aromatic rings. The number of carbonyl (C=O) groups excluding carboxylic acids is 2. The molecule has 0 bridgehead atoms. The highest BCUT2D eigenvalue weighted by Gasteiger charge is 2.26. The molecule has 0 spiro atoms. The van der Waals surface area contributed by atoms with Crippen molar-refractivity contribution in [2.45, 2.75) is 11.3 Å². The molecule has 0 unspecified atom stereocenters. The normalized spacial score (nSPS) is 14.0. The maximum atomic E-state index is 12.2. The van der Waals surface area contributed by atoms with E-state index in [0.29, 0.717) is 22.9 Å². The molecule has 2 N–H and O–H groups in total. The molecule has 1 fully saturated rings. The van der Waals surface area contributed by atoms with Gasteiger partial charge in [-0.1, -0.05) is 29.8 Å². The molecule has 10 heteroatoms. The van der Waals surface area contributed by atoms with Gasteiger partial charge in [-0.2, -0.15) is 0 Å². The second-order valence-electron chi connectivity index (χ2n) is 5.94. The number of benzene rings is 2. The minimum Gasteiger partial charge on any atom is -0.447 e. The number of ether oxygens (including phenoxy) is 1. The van der Waals surface area contributed by atoms with Gasteiger partial charge < -0.3 is 10.1 Å². The Kier molecular flexibility index (Phi) is 6.18. The summed E-state index contributed by atoms with van der Waals surface area (Å²) in [5.41, 5.74) is 0.974. The lowest BCUT2D eigenvalue weighted by molar-refractivity contribution is -0.116. The van der Waals surface area contributed by atoms with E-state index in [0.717, 1.165) is 0 Å². The van der Waals surface area contributed by atoms with E-state index in [-0.39, 0.29) is 24.5 Å². The van der Waals surface area contributed by atoms with Crippen LogP contribution < -0.4 is 14.9 Å². The molecule has 0 radical (unpaired) electrons. The first kappa shape index (κ1) is 20.1. The lowest BCUT2D eigenvalue weighted by Gasteiger charge is -2.17. The highest BCUT2D eigenvalue weighted by molar-refractivity contribution is 7.89. The Bertz CT molecular complexity index is 996. The number of anilines is 2. The zero-order chi connectivity index (χ0) is 20.1. The van der Waals surface area contributed by atoms with Crippen molar-refractivity contribution < 1.29 is 22.7 Å². The van der Waals surface area contributed by atoms with Crippen LogP contribution in [0.15, 0.2) is 53.4 Å². The minimum absolute atomic E-state index is 0.0262. The summed E-state index contributed by atoms with van der Waals surface area (Å²) in [6.45, 7) is 0.589. The van der Waals surface area contributed by atoms with Crippen LogP contribution >= 0.6 is 11.6 Å². The predicted octanol–water partition coefficient (Wildman–Crippen LogP) is 2.60. The molecule has 1 heterocycles. The molecule has 2 aromatic carbocycles. The van der Waals surface area contributed by atoms with Crippen molar-refractivity contribution >= 4 is 45.0 Å². The van der Waals surface area contributed by atoms with Crippen LogP contribution in [0.5, 0.6) is 0 Å². The van der Waals surface area contributed by atoms with E-state index in [9.17, 15) is 18.0 Å². The summed E-state index contributed by atoms with van der Waals surface area (Å²) in [5, 5.41) is 3.00. The Hall–Kier alpha value is -2.62. The number of cyclic esters (lactones) is 1. The second-order valence-corrected chi connectivity index (χ2v) is 8.14. The molecule has 8 nitrogen and oxygen atoms in total. The van der Waals surface area contributed by atoms with Gasteiger partial charge in [0.15, 0.2) is 0 Å². The van der Waals surface area contributed by atoms with Crippen LogP contribution in [0.4, 0.5) is 16.2 Å². The summed E-state index contributed by atoms with van der Waals surface area (Å²) in [6, 6.07) is 12.7. The van der Waals surface area contributed by atoms with E-state index >= 15 is 0 Å². The van der Waals surface area contributed by atoms with Crippen molar-refractivity contribution in [3.8, 4) is 0 Å². The topological polar surface area (TPSA) is 105 Å². The lowest BCUT2D eigenvalue weighted by Crippen LogP contribution is -2.28. The van der Waals surface area contributed by atoms with Gasteiger partial charge in [0.05, 0.1) is 22.8 Å². The molecule has 148 valence electrons. The van der Waals surface area contributed by atoms with E-state index in [1.807, 2.05) is 0 Å². The van der Waals surface area contributed by atoms with Crippen molar-refractivity contribution in [3.05, 3.63) is 53.6 Å². The second kappa shape index (κ2) is 8.59. The molecule has 2 amide bonds. The molecular weight excluding hydrogens is 406 g/mol. The van der Waals surface area contributed by atoms with E-state index in [4.69, 9.17) is 16.3 Å². The summed E-state index contributed by atoms with van der Waals surface area (Å²) < 4.78 is 31.7. The minimum atomic E-state index is -3.76. The number of amides is 2. The van der Waals surface area contributed by atoms with Crippen molar-refractivity contribution in [2.75, 3.05) is 29.9 Å². The quantitative estimate of drug-likeness (QED) is 0.712. The highest BCUT2D eigenvalue weighted by atomic mass is 35.5. The van der Waals surface area contributed by atoms with Crippen molar-refractivity contribution in [1.82, 2.24) is 4.72 Å². The number of carbonyl (C=O) groups is 2. The van der Waals surface area contributed by atoms with Gasteiger partial charge in [0, 0.05) is 18.0 Å². The molecule has 1 aliphatic rings. The number of hydrogen-bond acceptors (Lipinski definition) is 5. The summed E-state index contributed by atoms with van der Waals surface area (Å²) in [7, 11) is -3.76. The summed E-state index contributed by atoms with van der Waals surface area (Å²) >= 11 is 5.81. The molecule has 0 atom stereocenters. The number of para-hydroxylation sites is 2. The van der Waals surface area contributed by atoms with E-state index in [1.54, 1.807) is 30.3 Å². The maximum absolute atomic E-state index is 12.2. The Morgan fingerprint density at radius 1 is 1.18 bits per heavy atom. The average molecular weight is 424 g/mol. The van der Waals surface area contributed by atoms with Gasteiger partial charge in [-0.25, -0.2) is 17.9 Å². The molecule has 3 rings (SSSR count). The van der Waals surface area contributed by atoms with Crippen LogP contribution in [0, 0.1) is 0 Å². The summed E-state index contributed by atoms with van der Waals surface area (Å²) in [6.07, 6.45) is -0.561. The van der Waals surface area contributed by atoms with Crippen LogP contribution in [0.2, 0.25) is 5.02 Å². The van der Waals surface area contributed by atoms with Gasteiger partial charge in [-0.3, -0.25) is 9.69 Å². The van der Waals surface area contributed by atoms with Gasteiger partial charge in [0.1, 0.15) is 6.61 Å². The molecule has 0 aliphatic carbocycles. The fraction of sp³-hybridized carbons (Fsp3) is 0.222. The van der Waals surface area contributed by atoms with Gasteiger partial charge >= 0.3 is 6.09 Å². The third-order valence-electron chi connectivity index (χ3n) is 3.98.